The Labute approximate surface area is 85.3 Å². The molecule has 4 N–H and O–H groups in total. The Balaban J connectivity index is -0.000000107. The quantitative estimate of drug-likeness (QED) is 0.441. The molecule has 0 aromatic carbocycles. The van der Waals surface area contributed by atoms with Gasteiger partial charge in [-0.3, -0.25) is 4.79 Å². The summed E-state index contributed by atoms with van der Waals surface area (Å²) in [6.07, 6.45) is 8.60. The summed E-state index contributed by atoms with van der Waals surface area (Å²) in [5.41, 5.74) is 0. The highest BCUT2D eigenvalue weighted by atomic mass is 27.0. The van der Waals surface area contributed by atoms with E-state index in [1.807, 2.05) is 6.29 Å². The van der Waals surface area contributed by atoms with Crippen LogP contribution in [0.3, 0.4) is 0 Å². The Bertz CT molecular complexity index is 69.3. The molecule has 0 aromatic heterocycles. The molecule has 0 aliphatic rings. The van der Waals surface area contributed by atoms with Gasteiger partial charge in [0.1, 0.15) is 0 Å². The fourth-order valence-corrected chi connectivity index (χ4v) is 0.801. The third-order valence-corrected chi connectivity index (χ3v) is 1.38. The molecule has 0 aliphatic carbocycles. The van der Waals surface area contributed by atoms with Gasteiger partial charge in [0.05, 0.1) is 0 Å². The average Bonchev–Trinajstić information content (AvgIpc) is 1.89. The monoisotopic (exact) mass is 190 g/mol. The molecule has 0 bridgehead atoms. The average molecular weight is 190 g/mol. The van der Waals surface area contributed by atoms with Gasteiger partial charge in [0, 0.05) is 23.8 Å². The SMILES string of the molecule is CCCCCCC[C]=O.O.O.[Al]. The van der Waals surface area contributed by atoms with Gasteiger partial charge in [-0.05, 0) is 6.42 Å². The minimum Gasteiger partial charge on any atom is -0.412 e. The van der Waals surface area contributed by atoms with Gasteiger partial charge in [0.15, 0.2) is 6.29 Å². The largest absolute Gasteiger partial charge is 0.412 e. The van der Waals surface area contributed by atoms with Gasteiger partial charge < -0.3 is 11.0 Å². The number of hydrogen-bond acceptors (Lipinski definition) is 1. The van der Waals surface area contributed by atoms with Crippen LogP contribution in [-0.4, -0.2) is 34.6 Å². The van der Waals surface area contributed by atoms with Crippen molar-refractivity contribution in [2.24, 2.45) is 0 Å². The van der Waals surface area contributed by atoms with E-state index in [1.165, 1.54) is 25.7 Å². The highest BCUT2D eigenvalue weighted by molar-refractivity contribution is 5.75. The Morgan fingerprint density at radius 2 is 1.50 bits per heavy atom. The third kappa shape index (κ3) is 22.5. The van der Waals surface area contributed by atoms with Gasteiger partial charge in [-0.15, -0.1) is 0 Å². The summed E-state index contributed by atoms with van der Waals surface area (Å²) in [4.78, 5) is 9.71. The molecule has 4 radical (unpaired) electrons. The third-order valence-electron chi connectivity index (χ3n) is 1.38. The van der Waals surface area contributed by atoms with E-state index >= 15 is 0 Å². The second-order valence-electron chi connectivity index (χ2n) is 2.31. The van der Waals surface area contributed by atoms with Crippen molar-refractivity contribution in [3.05, 3.63) is 0 Å². The topological polar surface area (TPSA) is 80.1 Å². The van der Waals surface area contributed by atoms with Crippen LogP contribution in [0.5, 0.6) is 0 Å². The lowest BCUT2D eigenvalue weighted by Gasteiger charge is -1.93. The molecule has 4 heteroatoms. The Kier molecular flexibility index (Phi) is 42.6. The molecule has 0 atom stereocenters. The van der Waals surface area contributed by atoms with Gasteiger partial charge >= 0.3 is 0 Å². The number of rotatable bonds is 6. The van der Waals surface area contributed by atoms with Gasteiger partial charge in [-0.2, -0.15) is 0 Å². The predicted molar refractivity (Wildman–Crippen MR) is 52.1 cm³/mol. The van der Waals surface area contributed by atoms with E-state index in [0.717, 1.165) is 6.42 Å². The maximum absolute atomic E-state index is 9.71. The van der Waals surface area contributed by atoms with E-state index in [1.54, 1.807) is 0 Å². The van der Waals surface area contributed by atoms with Gasteiger partial charge in [0.2, 0.25) is 0 Å². The molecular weight excluding hydrogens is 171 g/mol. The standard InChI is InChI=1S/C8H15O.Al.2H2O/c1-2-3-4-5-6-7-8-9;;;/h2-7H2,1H3;;2*1H2. The zero-order valence-corrected chi connectivity index (χ0v) is 8.88. The van der Waals surface area contributed by atoms with Gasteiger partial charge in [0.25, 0.3) is 0 Å². The highest BCUT2D eigenvalue weighted by Crippen LogP contribution is 2.02. The van der Waals surface area contributed by atoms with Crippen LogP contribution in [0.4, 0.5) is 0 Å². The molecule has 3 nitrogen and oxygen atoms in total. The zero-order valence-electron chi connectivity index (χ0n) is 7.73. The van der Waals surface area contributed by atoms with Crippen LogP contribution < -0.4 is 0 Å². The molecule has 72 valence electrons. The Morgan fingerprint density at radius 1 is 1.00 bits per heavy atom. The first-order chi connectivity index (χ1) is 4.41. The summed E-state index contributed by atoms with van der Waals surface area (Å²) in [6.45, 7) is 2.19. The number of hydrogen-bond donors (Lipinski definition) is 0. The van der Waals surface area contributed by atoms with E-state index in [-0.39, 0.29) is 28.3 Å². The first-order valence-electron chi connectivity index (χ1n) is 3.76. The second kappa shape index (κ2) is 22.5. The zero-order chi connectivity index (χ0) is 6.95. The van der Waals surface area contributed by atoms with E-state index in [4.69, 9.17) is 0 Å². The van der Waals surface area contributed by atoms with E-state index in [9.17, 15) is 4.79 Å². The van der Waals surface area contributed by atoms with Crippen LogP contribution in [0.15, 0.2) is 0 Å². The molecule has 12 heavy (non-hydrogen) atoms. The molecular formula is C8H19AlO3. The van der Waals surface area contributed by atoms with Crippen LogP contribution in [0.2, 0.25) is 0 Å². The molecule has 0 saturated heterocycles. The summed E-state index contributed by atoms with van der Waals surface area (Å²) in [5, 5.41) is 0. The van der Waals surface area contributed by atoms with Crippen LogP contribution in [-0.2, 0) is 4.79 Å². The van der Waals surface area contributed by atoms with Crippen LogP contribution in [0.25, 0.3) is 0 Å². The minimum atomic E-state index is 0. The lowest BCUT2D eigenvalue weighted by atomic mass is 10.1. The van der Waals surface area contributed by atoms with Gasteiger partial charge in [-0.25, -0.2) is 0 Å². The van der Waals surface area contributed by atoms with Crippen molar-refractivity contribution in [2.75, 3.05) is 0 Å². The van der Waals surface area contributed by atoms with Crippen LogP contribution in [0, 0.1) is 0 Å². The molecule has 0 aromatic rings. The fourth-order valence-electron chi connectivity index (χ4n) is 0.801. The van der Waals surface area contributed by atoms with Crippen molar-refractivity contribution < 1.29 is 15.7 Å². The van der Waals surface area contributed by atoms with Crippen molar-refractivity contribution in [1.29, 1.82) is 0 Å². The molecule has 0 aliphatic heterocycles. The van der Waals surface area contributed by atoms with E-state index in [0.29, 0.717) is 6.42 Å². The van der Waals surface area contributed by atoms with Crippen molar-refractivity contribution in [3.8, 4) is 0 Å². The normalized spacial score (nSPS) is 7.08. The summed E-state index contributed by atoms with van der Waals surface area (Å²) in [5.74, 6) is 0. The van der Waals surface area contributed by atoms with E-state index in [2.05, 4.69) is 6.92 Å². The van der Waals surface area contributed by atoms with Crippen molar-refractivity contribution in [1.82, 2.24) is 0 Å². The van der Waals surface area contributed by atoms with E-state index < -0.39 is 0 Å². The van der Waals surface area contributed by atoms with Crippen molar-refractivity contribution in [3.63, 3.8) is 0 Å². The summed E-state index contributed by atoms with van der Waals surface area (Å²) in [7, 11) is 0. The van der Waals surface area contributed by atoms with Gasteiger partial charge in [-0.1, -0.05) is 32.6 Å². The lowest BCUT2D eigenvalue weighted by molar-refractivity contribution is 0.543. The summed E-state index contributed by atoms with van der Waals surface area (Å²) >= 11 is 0. The van der Waals surface area contributed by atoms with Crippen LogP contribution in [0.1, 0.15) is 45.4 Å². The number of carbonyl (C=O) groups excluding carboxylic acids is 1. The van der Waals surface area contributed by atoms with Crippen LogP contribution >= 0.6 is 0 Å². The summed E-state index contributed by atoms with van der Waals surface area (Å²) in [6, 6.07) is 0. The molecule has 0 heterocycles. The van der Waals surface area contributed by atoms with Crippen molar-refractivity contribution in [2.45, 2.75) is 45.4 Å². The molecule has 0 unspecified atom stereocenters. The number of unbranched alkanes of at least 4 members (excludes halogenated alkanes) is 5. The Morgan fingerprint density at radius 3 is 1.92 bits per heavy atom. The highest BCUT2D eigenvalue weighted by Gasteiger charge is 1.86. The Hall–Kier alpha value is 0.122. The molecule has 0 fully saturated rings. The molecule has 0 spiro atoms. The first kappa shape index (κ1) is 22.7. The second-order valence-corrected chi connectivity index (χ2v) is 2.31. The predicted octanol–water partition coefficient (Wildman–Crippen LogP) is 0.426. The minimum absolute atomic E-state index is 0. The molecule has 0 saturated carbocycles. The van der Waals surface area contributed by atoms with Crippen molar-refractivity contribution >= 4 is 23.6 Å². The first-order valence-corrected chi connectivity index (χ1v) is 3.76. The summed E-state index contributed by atoms with van der Waals surface area (Å²) < 4.78 is 0. The maximum atomic E-state index is 9.71. The molecule has 0 rings (SSSR count). The fraction of sp³-hybridized carbons (Fsp3) is 0.875. The maximum Gasteiger partial charge on any atom is 0.198 e. The molecule has 0 amide bonds. The lowest BCUT2D eigenvalue weighted by Crippen LogP contribution is -1.77. The smallest absolute Gasteiger partial charge is 0.198 e.